The fourth-order valence-corrected chi connectivity index (χ4v) is 3.54. The third-order valence-electron chi connectivity index (χ3n) is 3.20. The topological polar surface area (TPSA) is 72.9 Å². The molecule has 0 amide bonds. The Morgan fingerprint density at radius 1 is 1.48 bits per heavy atom. The molecule has 0 aromatic heterocycles. The number of methoxy groups -OCH3 is 1. The second kappa shape index (κ2) is 6.08. The normalized spacial score (nSPS) is 20.2. The molecule has 6 nitrogen and oxygen atoms in total. The Labute approximate surface area is 122 Å². The molecule has 1 heterocycles. The van der Waals surface area contributed by atoms with Crippen molar-refractivity contribution >= 4 is 16.0 Å². The van der Waals surface area contributed by atoms with Gasteiger partial charge in [0.05, 0.1) is 20.3 Å². The van der Waals surface area contributed by atoms with Crippen LogP contribution in [0.1, 0.15) is 5.56 Å². The highest BCUT2D eigenvalue weighted by atomic mass is 32.2. The third kappa shape index (κ3) is 3.22. The molecule has 1 atom stereocenters. The van der Waals surface area contributed by atoms with E-state index in [0.717, 1.165) is 10.4 Å². The lowest BCUT2D eigenvalue weighted by Gasteiger charge is -2.30. The maximum atomic E-state index is 13.9. The third-order valence-corrected chi connectivity index (χ3v) is 5.10. The number of esters is 1. The Kier molecular flexibility index (Phi) is 4.60. The molecule has 21 heavy (non-hydrogen) atoms. The average Bonchev–Trinajstić information content (AvgIpc) is 2.46. The second-order valence-electron chi connectivity index (χ2n) is 4.68. The number of hydrogen-bond acceptors (Lipinski definition) is 5. The van der Waals surface area contributed by atoms with E-state index in [1.54, 1.807) is 6.92 Å². The zero-order chi connectivity index (χ0) is 15.6. The first-order valence-electron chi connectivity index (χ1n) is 6.32. The van der Waals surface area contributed by atoms with Crippen molar-refractivity contribution < 1.29 is 27.1 Å². The number of carbonyl (C=O) groups excluding carboxylic acids is 1. The highest BCUT2D eigenvalue weighted by Gasteiger charge is 2.35. The largest absolute Gasteiger partial charge is 0.467 e. The molecule has 1 aliphatic heterocycles. The summed E-state index contributed by atoms with van der Waals surface area (Å²) in [5.74, 6) is -1.46. The molecule has 0 unspecified atom stereocenters. The van der Waals surface area contributed by atoms with Crippen LogP contribution in [0.15, 0.2) is 23.1 Å². The van der Waals surface area contributed by atoms with Crippen molar-refractivity contribution in [2.75, 3.05) is 26.8 Å². The maximum absolute atomic E-state index is 13.9. The summed E-state index contributed by atoms with van der Waals surface area (Å²) in [6.45, 7) is 1.58. The number of aryl methyl sites for hydroxylation is 1. The van der Waals surface area contributed by atoms with Gasteiger partial charge >= 0.3 is 5.97 Å². The number of sulfonamides is 1. The van der Waals surface area contributed by atoms with Crippen LogP contribution >= 0.6 is 0 Å². The van der Waals surface area contributed by atoms with Crippen LogP contribution in [-0.2, 0) is 24.3 Å². The minimum absolute atomic E-state index is 0.0481. The lowest BCUT2D eigenvalue weighted by atomic mass is 10.2. The Morgan fingerprint density at radius 2 is 2.19 bits per heavy atom. The van der Waals surface area contributed by atoms with Gasteiger partial charge in [0.25, 0.3) is 0 Å². The predicted molar refractivity (Wildman–Crippen MR) is 71.7 cm³/mol. The standard InChI is InChI=1S/C13H16FNO5S/c1-9-3-4-12(10(14)7-9)21(17,18)15-5-6-20-11(8-15)13(16)19-2/h3-4,7,11H,5-6,8H2,1-2H3/t11-/m1/s1. The fourth-order valence-electron chi connectivity index (χ4n) is 2.07. The van der Waals surface area contributed by atoms with E-state index >= 15 is 0 Å². The molecule has 116 valence electrons. The molecular weight excluding hydrogens is 301 g/mol. The SMILES string of the molecule is COC(=O)[C@H]1CN(S(=O)(=O)c2ccc(C)cc2F)CCO1. The number of benzene rings is 1. The lowest BCUT2D eigenvalue weighted by Crippen LogP contribution is -2.48. The molecule has 1 aromatic carbocycles. The molecule has 0 aliphatic carbocycles. The van der Waals surface area contributed by atoms with Crippen molar-refractivity contribution in [2.24, 2.45) is 0 Å². The molecule has 0 bridgehead atoms. The van der Waals surface area contributed by atoms with Crippen LogP contribution in [0.3, 0.4) is 0 Å². The van der Waals surface area contributed by atoms with Crippen LogP contribution in [0.5, 0.6) is 0 Å². The van der Waals surface area contributed by atoms with Crippen LogP contribution < -0.4 is 0 Å². The van der Waals surface area contributed by atoms with Gasteiger partial charge in [-0.2, -0.15) is 4.31 Å². The van der Waals surface area contributed by atoms with Gasteiger partial charge in [-0.1, -0.05) is 6.07 Å². The molecular formula is C13H16FNO5S. The monoisotopic (exact) mass is 317 g/mol. The van der Waals surface area contributed by atoms with E-state index in [9.17, 15) is 17.6 Å². The maximum Gasteiger partial charge on any atom is 0.336 e. The van der Waals surface area contributed by atoms with Crippen molar-refractivity contribution in [2.45, 2.75) is 17.9 Å². The van der Waals surface area contributed by atoms with Crippen LogP contribution in [0.2, 0.25) is 0 Å². The summed E-state index contributed by atoms with van der Waals surface area (Å²) < 4.78 is 49.5. The van der Waals surface area contributed by atoms with Gasteiger partial charge < -0.3 is 9.47 Å². The van der Waals surface area contributed by atoms with Crippen LogP contribution in [-0.4, -0.2) is 51.6 Å². The van der Waals surface area contributed by atoms with Gasteiger partial charge in [-0.25, -0.2) is 17.6 Å². The van der Waals surface area contributed by atoms with E-state index < -0.39 is 32.8 Å². The van der Waals surface area contributed by atoms with E-state index in [4.69, 9.17) is 4.74 Å². The van der Waals surface area contributed by atoms with Gasteiger partial charge in [0, 0.05) is 6.54 Å². The van der Waals surface area contributed by atoms with Crippen LogP contribution in [0.25, 0.3) is 0 Å². The van der Waals surface area contributed by atoms with Gasteiger partial charge in [-0.15, -0.1) is 0 Å². The highest BCUT2D eigenvalue weighted by molar-refractivity contribution is 7.89. The summed E-state index contributed by atoms with van der Waals surface area (Å²) in [5.41, 5.74) is 0.626. The number of halogens is 1. The first kappa shape index (κ1) is 15.9. The molecule has 0 saturated carbocycles. The second-order valence-corrected chi connectivity index (χ2v) is 6.59. The number of nitrogens with zero attached hydrogens (tertiary/aromatic N) is 1. The highest BCUT2D eigenvalue weighted by Crippen LogP contribution is 2.22. The van der Waals surface area contributed by atoms with E-state index in [1.165, 1.54) is 19.2 Å². The molecule has 0 radical (unpaired) electrons. The Morgan fingerprint density at radius 3 is 2.81 bits per heavy atom. The summed E-state index contributed by atoms with van der Waals surface area (Å²) >= 11 is 0. The molecule has 8 heteroatoms. The van der Waals surface area contributed by atoms with Crippen molar-refractivity contribution in [1.82, 2.24) is 4.31 Å². The zero-order valence-corrected chi connectivity index (χ0v) is 12.5. The minimum atomic E-state index is -4.01. The number of ether oxygens (including phenoxy) is 2. The summed E-state index contributed by atoms with van der Waals surface area (Å²) in [7, 11) is -2.82. The summed E-state index contributed by atoms with van der Waals surface area (Å²) in [6, 6.07) is 3.90. The summed E-state index contributed by atoms with van der Waals surface area (Å²) in [4.78, 5) is 11.0. The van der Waals surface area contributed by atoms with Crippen molar-refractivity contribution in [3.8, 4) is 0 Å². The van der Waals surface area contributed by atoms with E-state index in [-0.39, 0.29) is 19.7 Å². The van der Waals surface area contributed by atoms with Crippen molar-refractivity contribution in [3.05, 3.63) is 29.6 Å². The first-order chi connectivity index (χ1) is 9.86. The lowest BCUT2D eigenvalue weighted by molar-refractivity contribution is -0.157. The number of hydrogen-bond donors (Lipinski definition) is 0. The van der Waals surface area contributed by atoms with Crippen molar-refractivity contribution in [3.63, 3.8) is 0 Å². The average molecular weight is 317 g/mol. The number of rotatable bonds is 3. The molecule has 0 N–H and O–H groups in total. The van der Waals surface area contributed by atoms with E-state index in [2.05, 4.69) is 4.74 Å². The molecule has 1 fully saturated rings. The molecule has 1 saturated heterocycles. The molecule has 0 spiro atoms. The van der Waals surface area contributed by atoms with Crippen LogP contribution in [0.4, 0.5) is 4.39 Å². The fraction of sp³-hybridized carbons (Fsp3) is 0.462. The molecule has 1 aromatic rings. The minimum Gasteiger partial charge on any atom is -0.467 e. The van der Waals surface area contributed by atoms with Gasteiger partial charge in [-0.05, 0) is 24.6 Å². The van der Waals surface area contributed by atoms with Gasteiger partial charge in [0.15, 0.2) is 6.10 Å². The zero-order valence-electron chi connectivity index (χ0n) is 11.7. The first-order valence-corrected chi connectivity index (χ1v) is 7.76. The van der Waals surface area contributed by atoms with Gasteiger partial charge in [0.1, 0.15) is 10.7 Å². The number of morpholine rings is 1. The summed E-state index contributed by atoms with van der Waals surface area (Å²) in [5, 5.41) is 0. The smallest absolute Gasteiger partial charge is 0.336 e. The quantitative estimate of drug-likeness (QED) is 0.767. The van der Waals surface area contributed by atoms with Gasteiger partial charge in [0.2, 0.25) is 10.0 Å². The Bertz CT molecular complexity index is 646. The van der Waals surface area contributed by atoms with Crippen molar-refractivity contribution in [1.29, 1.82) is 0 Å². The number of carbonyl (C=O) groups is 1. The van der Waals surface area contributed by atoms with E-state index in [0.29, 0.717) is 5.56 Å². The van der Waals surface area contributed by atoms with Gasteiger partial charge in [-0.3, -0.25) is 0 Å². The van der Waals surface area contributed by atoms with Crippen LogP contribution in [0, 0.1) is 12.7 Å². The van der Waals surface area contributed by atoms with E-state index in [1.807, 2.05) is 0 Å². The molecule has 2 rings (SSSR count). The summed E-state index contributed by atoms with van der Waals surface area (Å²) in [6.07, 6.45) is -0.993. The Hall–Kier alpha value is -1.51. The Balaban J connectivity index is 2.28. The molecule has 1 aliphatic rings. The predicted octanol–water partition coefficient (Wildman–Crippen LogP) is 0.697.